The number of hydrogen-bond acceptors (Lipinski definition) is 4. The molecule has 1 aromatic carbocycles. The number of ether oxygens (including phenoxy) is 1. The molecule has 2 rings (SSSR count). The van der Waals surface area contributed by atoms with Gasteiger partial charge in [0.2, 0.25) is 0 Å². The maximum absolute atomic E-state index is 12.6. The highest BCUT2D eigenvalue weighted by molar-refractivity contribution is 6.19. The van der Waals surface area contributed by atoms with Gasteiger partial charge in [0.15, 0.2) is 0 Å². The van der Waals surface area contributed by atoms with E-state index in [-0.39, 0.29) is 12.1 Å². The lowest BCUT2D eigenvalue weighted by molar-refractivity contribution is -0.139. The molecule has 0 saturated carbocycles. The van der Waals surface area contributed by atoms with Crippen LogP contribution >= 0.6 is 0 Å². The lowest BCUT2D eigenvalue weighted by Crippen LogP contribution is -2.42. The molecule has 0 radical (unpaired) electrons. The van der Waals surface area contributed by atoms with E-state index in [1.54, 1.807) is 13.0 Å². The fourth-order valence-electron chi connectivity index (χ4n) is 2.47. The third kappa shape index (κ3) is 3.86. The predicted molar refractivity (Wildman–Crippen MR) is 95.4 cm³/mol. The fraction of sp³-hybridized carbons (Fsp3) is 0.250. The highest BCUT2D eigenvalue weighted by Crippen LogP contribution is 2.27. The summed E-state index contributed by atoms with van der Waals surface area (Å²) in [6, 6.07) is 9.22. The molecule has 0 fully saturated rings. The highest BCUT2D eigenvalue weighted by atomic mass is 16.5. The number of benzene rings is 1. The van der Waals surface area contributed by atoms with Crippen molar-refractivity contribution in [3.05, 3.63) is 59.2 Å². The van der Waals surface area contributed by atoms with E-state index in [1.165, 1.54) is 6.08 Å². The minimum Gasteiger partial charge on any atom is -0.494 e. The Morgan fingerprint density at radius 2 is 1.92 bits per heavy atom. The molecular weight excluding hydrogens is 316 g/mol. The van der Waals surface area contributed by atoms with Crippen LogP contribution in [0.3, 0.4) is 0 Å². The number of nitrogens with zero attached hydrogens (tertiary/aromatic N) is 2. The van der Waals surface area contributed by atoms with E-state index in [4.69, 9.17) is 4.74 Å². The summed E-state index contributed by atoms with van der Waals surface area (Å²) in [6.45, 7) is 7.92. The van der Waals surface area contributed by atoms with Crippen LogP contribution in [0.1, 0.15) is 25.8 Å². The maximum atomic E-state index is 12.6. The van der Waals surface area contributed by atoms with E-state index in [0.717, 1.165) is 22.6 Å². The van der Waals surface area contributed by atoms with Gasteiger partial charge in [0, 0.05) is 12.1 Å². The highest BCUT2D eigenvalue weighted by Gasteiger charge is 2.34. The number of imide groups is 1. The molecule has 0 N–H and O–H groups in total. The second-order valence-corrected chi connectivity index (χ2v) is 5.60. The first-order valence-electron chi connectivity index (χ1n) is 8.06. The maximum Gasteiger partial charge on any atom is 0.271 e. The molecule has 0 aromatic heterocycles. The minimum atomic E-state index is -0.578. The average Bonchev–Trinajstić information content (AvgIpc) is 2.62. The molecule has 25 heavy (non-hydrogen) atoms. The Balaban J connectivity index is 2.41. The average molecular weight is 336 g/mol. The van der Waals surface area contributed by atoms with Gasteiger partial charge >= 0.3 is 0 Å². The number of carbonyl (C=O) groups is 2. The third-order valence-corrected chi connectivity index (χ3v) is 3.80. The lowest BCUT2D eigenvalue weighted by atomic mass is 9.93. The summed E-state index contributed by atoms with van der Waals surface area (Å²) in [5.74, 6) is -0.245. The Kier molecular flexibility index (Phi) is 5.91. The van der Waals surface area contributed by atoms with Crippen LogP contribution in [0, 0.1) is 11.3 Å². The lowest BCUT2D eigenvalue weighted by Gasteiger charge is -2.26. The molecule has 2 amide bonds. The summed E-state index contributed by atoms with van der Waals surface area (Å²) < 4.78 is 5.54. The van der Waals surface area contributed by atoms with Crippen LogP contribution in [-0.4, -0.2) is 29.9 Å². The number of amides is 2. The zero-order valence-corrected chi connectivity index (χ0v) is 14.4. The molecule has 0 saturated heterocycles. The van der Waals surface area contributed by atoms with Crippen LogP contribution in [0.5, 0.6) is 5.75 Å². The van der Waals surface area contributed by atoms with Crippen molar-refractivity contribution in [2.24, 2.45) is 0 Å². The zero-order valence-electron chi connectivity index (χ0n) is 14.4. The Morgan fingerprint density at radius 1 is 1.24 bits per heavy atom. The zero-order chi connectivity index (χ0) is 18.4. The normalized spacial score (nSPS) is 16.2. The topological polar surface area (TPSA) is 70.4 Å². The Hall–Kier alpha value is -3.13. The Labute approximate surface area is 147 Å². The summed E-state index contributed by atoms with van der Waals surface area (Å²) in [4.78, 5) is 25.9. The molecule has 0 spiro atoms. The standard InChI is InChI=1S/C20H20N2O3/c1-4-10-22-19(23)17(14(3)18(13-21)20(22)24)12-15-6-8-16(9-7-15)25-11-5-2/h4,6-9,12H,1,5,10-11H2,2-3H3/b17-12+. The fourth-order valence-corrected chi connectivity index (χ4v) is 2.47. The van der Waals surface area contributed by atoms with E-state index < -0.39 is 11.8 Å². The third-order valence-electron chi connectivity index (χ3n) is 3.80. The largest absolute Gasteiger partial charge is 0.494 e. The summed E-state index contributed by atoms with van der Waals surface area (Å²) in [5.41, 5.74) is 1.50. The summed E-state index contributed by atoms with van der Waals surface area (Å²) in [5, 5.41) is 9.27. The van der Waals surface area contributed by atoms with Crippen LogP contribution in [-0.2, 0) is 9.59 Å². The van der Waals surface area contributed by atoms with Gasteiger partial charge in [-0.05, 0) is 42.7 Å². The molecule has 5 heteroatoms. The molecule has 128 valence electrons. The summed E-state index contributed by atoms with van der Waals surface area (Å²) in [7, 11) is 0. The van der Waals surface area contributed by atoms with Crippen molar-refractivity contribution in [2.75, 3.05) is 13.2 Å². The SMILES string of the molecule is C=CCN1C(=O)C(C#N)=C(C)/C(=C\c2ccc(OCCC)cc2)C1=O. The first-order valence-corrected chi connectivity index (χ1v) is 8.06. The van der Waals surface area contributed by atoms with Gasteiger partial charge in [-0.2, -0.15) is 5.26 Å². The predicted octanol–water partition coefficient (Wildman–Crippen LogP) is 3.25. The van der Waals surface area contributed by atoms with Crippen molar-refractivity contribution in [1.82, 2.24) is 4.90 Å². The second kappa shape index (κ2) is 8.11. The van der Waals surface area contributed by atoms with Crippen molar-refractivity contribution in [1.29, 1.82) is 5.26 Å². The van der Waals surface area contributed by atoms with E-state index in [2.05, 4.69) is 6.58 Å². The first-order chi connectivity index (χ1) is 12.0. The van der Waals surface area contributed by atoms with E-state index >= 15 is 0 Å². The number of hydrogen-bond donors (Lipinski definition) is 0. The van der Waals surface area contributed by atoms with Gasteiger partial charge in [-0.3, -0.25) is 14.5 Å². The quantitative estimate of drug-likeness (QED) is 0.454. The smallest absolute Gasteiger partial charge is 0.271 e. The van der Waals surface area contributed by atoms with E-state index in [1.807, 2.05) is 37.3 Å². The van der Waals surface area contributed by atoms with Crippen molar-refractivity contribution in [3.63, 3.8) is 0 Å². The van der Waals surface area contributed by atoms with Crippen LogP contribution in [0.4, 0.5) is 0 Å². The minimum absolute atomic E-state index is 0.0180. The van der Waals surface area contributed by atoms with Gasteiger partial charge < -0.3 is 4.74 Å². The van der Waals surface area contributed by atoms with Crippen LogP contribution in [0.15, 0.2) is 53.6 Å². The molecule has 1 aliphatic heterocycles. The van der Waals surface area contributed by atoms with Gasteiger partial charge in [0.25, 0.3) is 11.8 Å². The monoisotopic (exact) mass is 336 g/mol. The first kappa shape index (κ1) is 18.2. The summed E-state index contributed by atoms with van der Waals surface area (Å²) in [6.07, 6.45) is 4.07. The van der Waals surface area contributed by atoms with Crippen molar-refractivity contribution in [3.8, 4) is 11.8 Å². The molecule has 0 atom stereocenters. The van der Waals surface area contributed by atoms with Gasteiger partial charge in [-0.15, -0.1) is 6.58 Å². The molecular formula is C20H20N2O3. The molecule has 0 unspecified atom stereocenters. The van der Waals surface area contributed by atoms with E-state index in [0.29, 0.717) is 17.8 Å². The van der Waals surface area contributed by atoms with Crippen LogP contribution < -0.4 is 4.74 Å². The van der Waals surface area contributed by atoms with Gasteiger partial charge in [0.05, 0.1) is 6.61 Å². The van der Waals surface area contributed by atoms with Crippen molar-refractivity contribution in [2.45, 2.75) is 20.3 Å². The van der Waals surface area contributed by atoms with Crippen LogP contribution in [0.2, 0.25) is 0 Å². The molecule has 1 aliphatic rings. The second-order valence-electron chi connectivity index (χ2n) is 5.60. The molecule has 5 nitrogen and oxygen atoms in total. The number of nitriles is 1. The van der Waals surface area contributed by atoms with Gasteiger partial charge in [-0.25, -0.2) is 0 Å². The number of rotatable bonds is 6. The van der Waals surface area contributed by atoms with Crippen molar-refractivity contribution >= 4 is 17.9 Å². The van der Waals surface area contributed by atoms with Crippen LogP contribution in [0.25, 0.3) is 6.08 Å². The van der Waals surface area contributed by atoms with Gasteiger partial charge in [0.1, 0.15) is 17.4 Å². The Bertz CT molecular complexity index is 795. The molecule has 1 aromatic rings. The Morgan fingerprint density at radius 3 is 2.48 bits per heavy atom. The van der Waals surface area contributed by atoms with Crippen molar-refractivity contribution < 1.29 is 14.3 Å². The molecule has 0 aliphatic carbocycles. The summed E-state index contributed by atoms with van der Waals surface area (Å²) >= 11 is 0. The molecule has 1 heterocycles. The van der Waals surface area contributed by atoms with Gasteiger partial charge in [-0.1, -0.05) is 25.1 Å². The number of carbonyl (C=O) groups excluding carboxylic acids is 2. The molecule has 0 bridgehead atoms. The van der Waals surface area contributed by atoms with E-state index in [9.17, 15) is 14.9 Å².